The third-order valence-corrected chi connectivity index (χ3v) is 10.1. The van der Waals surface area contributed by atoms with E-state index in [1.807, 2.05) is 0 Å². The van der Waals surface area contributed by atoms with Crippen molar-refractivity contribution in [3.05, 3.63) is 65.1 Å². The van der Waals surface area contributed by atoms with Crippen molar-refractivity contribution in [3.63, 3.8) is 0 Å². The molecule has 0 atom stereocenters. The van der Waals surface area contributed by atoms with Gasteiger partial charge >= 0.3 is 12.0 Å². The Morgan fingerprint density at radius 1 is 0.889 bits per heavy atom. The lowest BCUT2D eigenvalue weighted by molar-refractivity contribution is -0.133. The molecule has 28 heteroatoms. The van der Waals surface area contributed by atoms with Gasteiger partial charge in [0.2, 0.25) is 5.95 Å². The first kappa shape index (κ1) is 37.7. The molecule has 5 aromatic rings. The van der Waals surface area contributed by atoms with Crippen LogP contribution in [0.4, 0.5) is 26.0 Å². The third-order valence-electron chi connectivity index (χ3n) is 7.09. The number of hydrazone groups is 1. The zero-order chi connectivity index (χ0) is 39.7. The van der Waals surface area contributed by atoms with Crippen molar-refractivity contribution < 1.29 is 67.2 Å². The molecule has 7 N–H and O–H groups in total. The number of hydrogen-bond acceptors (Lipinski definition) is 16. The van der Waals surface area contributed by atoms with Crippen LogP contribution in [0.15, 0.2) is 67.8 Å². The fraction of sp³-hybridized carbons (Fsp3) is 0. The summed E-state index contributed by atoms with van der Waals surface area (Å²) in [7, 11) is -15.9. The van der Waals surface area contributed by atoms with E-state index in [0.29, 0.717) is 29.1 Å². The predicted octanol–water partition coefficient (Wildman–Crippen LogP) is 1.21. The molecule has 0 spiro atoms. The number of carboxylic acids is 1. The monoisotopic (exact) mass is 829 g/mol. The molecule has 280 valence electrons. The summed E-state index contributed by atoms with van der Waals surface area (Å²) in [4.78, 5) is 38.8. The number of imide groups is 1. The standard InChI is InChI=1S/C26H14ClF2N9O13S3/c27-19-22(28)32-26(29)33-23(19)30-8-3-10-14(52(43,44)45)7-13-21(18(10)16(4-8)54(49,50)51)37-38(36-13)9-1-2-12(15(5-9)53(46,47)48)34-35-20-11(25(41)42)6-17(39)31-24(20)40/h1-7,34H,(H,41,42)(H,30,32,33)(H,31,39,40)(H,43,44,45)(H,46,47,48)(H,49,50,51)/b35-20+. The molecule has 2 aromatic heterocycles. The number of nitrogens with zero attached hydrogens (tertiary/aromatic N) is 6. The van der Waals surface area contributed by atoms with Crippen molar-refractivity contribution >= 4 is 104 Å². The number of amides is 2. The van der Waals surface area contributed by atoms with Gasteiger partial charge in [-0.15, -0.1) is 10.2 Å². The lowest BCUT2D eigenvalue weighted by Crippen LogP contribution is -2.42. The van der Waals surface area contributed by atoms with E-state index in [1.165, 1.54) is 0 Å². The van der Waals surface area contributed by atoms with Gasteiger partial charge in [0.15, 0.2) is 11.5 Å². The van der Waals surface area contributed by atoms with Crippen LogP contribution >= 0.6 is 11.6 Å². The number of benzene rings is 3. The number of hydrogen-bond donors (Lipinski definition) is 7. The molecule has 2 amide bonds. The molecule has 1 aliphatic heterocycles. The average Bonchev–Trinajstić information content (AvgIpc) is 3.48. The number of carbonyl (C=O) groups is 3. The molecule has 3 heterocycles. The van der Waals surface area contributed by atoms with Crippen LogP contribution in [0.25, 0.3) is 27.5 Å². The second kappa shape index (κ2) is 13.1. The quantitative estimate of drug-likeness (QED) is 0.0361. The lowest BCUT2D eigenvalue weighted by atomic mass is 10.1. The number of carbonyl (C=O) groups excluding carboxylic acids is 2. The minimum absolute atomic E-state index is 0.347. The first-order valence-corrected chi connectivity index (χ1v) is 18.5. The van der Waals surface area contributed by atoms with Crippen molar-refractivity contribution in [2.75, 3.05) is 10.7 Å². The molecule has 0 fully saturated rings. The van der Waals surface area contributed by atoms with Gasteiger partial charge in [-0.1, -0.05) is 11.6 Å². The SMILES string of the molecule is O=C1C=C(C(=O)O)/C(=N\Nc2ccc(-n3nc4cc(S(=O)(=O)O)c5cc(Nc6nc(F)nc(F)c6Cl)cc(S(=O)(=O)O)c5c4n3)cc2S(=O)(=O)O)C(=O)N1. The molecular weight excluding hydrogens is 816 g/mol. The van der Waals surface area contributed by atoms with Gasteiger partial charge in [0.1, 0.15) is 30.7 Å². The molecule has 0 saturated carbocycles. The zero-order valence-corrected chi connectivity index (χ0v) is 28.8. The number of fused-ring (bicyclic) bond motifs is 3. The molecule has 3 aromatic carbocycles. The highest BCUT2D eigenvalue weighted by atomic mass is 35.5. The summed E-state index contributed by atoms with van der Waals surface area (Å²) in [5.41, 5.74) is -2.03. The fourth-order valence-corrected chi connectivity index (χ4v) is 7.16. The molecule has 1 aliphatic rings. The maximum atomic E-state index is 14.0. The van der Waals surface area contributed by atoms with E-state index in [4.69, 9.17) is 11.6 Å². The largest absolute Gasteiger partial charge is 0.478 e. The minimum atomic E-state index is -5.37. The van der Waals surface area contributed by atoms with Crippen molar-refractivity contribution in [1.29, 1.82) is 0 Å². The maximum Gasteiger partial charge on any atom is 0.338 e. The highest BCUT2D eigenvalue weighted by Crippen LogP contribution is 2.38. The molecule has 0 bridgehead atoms. The minimum Gasteiger partial charge on any atom is -0.478 e. The summed E-state index contributed by atoms with van der Waals surface area (Å²) in [6.07, 6.45) is -1.08. The van der Waals surface area contributed by atoms with Crippen LogP contribution in [-0.4, -0.2) is 92.5 Å². The second-order valence-corrected chi connectivity index (χ2v) is 15.1. The number of aliphatic carboxylic acids is 1. The van der Waals surface area contributed by atoms with Gasteiger partial charge in [-0.2, -0.15) is 53.9 Å². The predicted molar refractivity (Wildman–Crippen MR) is 176 cm³/mol. The van der Waals surface area contributed by atoms with Crippen LogP contribution in [0.1, 0.15) is 0 Å². The van der Waals surface area contributed by atoms with Crippen molar-refractivity contribution in [1.82, 2.24) is 30.3 Å². The molecule has 54 heavy (non-hydrogen) atoms. The Balaban J connectivity index is 1.54. The molecule has 0 saturated heterocycles. The molecule has 0 unspecified atom stereocenters. The molecule has 0 aliphatic carbocycles. The Labute approximate surface area is 302 Å². The van der Waals surface area contributed by atoms with Gasteiger partial charge in [-0.25, -0.2) is 4.79 Å². The van der Waals surface area contributed by atoms with Crippen LogP contribution in [0.5, 0.6) is 0 Å². The van der Waals surface area contributed by atoms with Gasteiger partial charge in [0, 0.05) is 22.5 Å². The number of carboxylic acid groups (broad SMARTS) is 1. The number of rotatable bonds is 9. The highest BCUT2D eigenvalue weighted by molar-refractivity contribution is 7.86. The zero-order valence-electron chi connectivity index (χ0n) is 25.5. The van der Waals surface area contributed by atoms with E-state index in [9.17, 15) is 67.2 Å². The Morgan fingerprint density at radius 2 is 1.56 bits per heavy atom. The van der Waals surface area contributed by atoms with E-state index in [2.05, 4.69) is 36.0 Å². The highest BCUT2D eigenvalue weighted by Gasteiger charge is 2.31. The number of halogens is 3. The summed E-state index contributed by atoms with van der Waals surface area (Å²) >= 11 is 5.77. The Morgan fingerprint density at radius 3 is 2.19 bits per heavy atom. The van der Waals surface area contributed by atoms with Gasteiger partial charge < -0.3 is 10.4 Å². The number of anilines is 3. The summed E-state index contributed by atoms with van der Waals surface area (Å²) in [6, 6.07) is 4.88. The average molecular weight is 830 g/mol. The number of nitrogens with one attached hydrogen (secondary N) is 3. The Hall–Kier alpha value is -6.10. The van der Waals surface area contributed by atoms with E-state index in [1.54, 1.807) is 5.32 Å². The third kappa shape index (κ3) is 7.13. The van der Waals surface area contributed by atoms with E-state index < -0.39 is 130 Å². The summed E-state index contributed by atoms with van der Waals surface area (Å²) < 4.78 is 133. The summed E-state index contributed by atoms with van der Waals surface area (Å²) in [6.45, 7) is 0. The first-order valence-electron chi connectivity index (χ1n) is 13.8. The fourth-order valence-electron chi connectivity index (χ4n) is 4.93. The molecule has 0 radical (unpaired) electrons. The molecular formula is C26H14ClF2N9O13S3. The van der Waals surface area contributed by atoms with Crippen molar-refractivity contribution in [2.45, 2.75) is 14.7 Å². The van der Waals surface area contributed by atoms with Crippen LogP contribution in [0.3, 0.4) is 0 Å². The van der Waals surface area contributed by atoms with Crippen LogP contribution in [-0.2, 0) is 44.7 Å². The topological polar surface area (TPSA) is 339 Å². The van der Waals surface area contributed by atoms with E-state index in [0.717, 1.165) is 18.2 Å². The van der Waals surface area contributed by atoms with Gasteiger partial charge in [0.05, 0.1) is 16.9 Å². The lowest BCUT2D eigenvalue weighted by Gasteiger charge is -2.13. The molecule has 22 nitrogen and oxygen atoms in total. The second-order valence-electron chi connectivity index (χ2n) is 10.6. The number of aromatic nitrogens is 5. The Kier molecular flexibility index (Phi) is 9.12. The van der Waals surface area contributed by atoms with Gasteiger partial charge in [0.25, 0.3) is 42.2 Å². The van der Waals surface area contributed by atoms with Crippen molar-refractivity contribution in [3.8, 4) is 5.69 Å². The van der Waals surface area contributed by atoms with Gasteiger partial charge in [-0.3, -0.25) is 34.0 Å². The Bertz CT molecular complexity index is 2960. The van der Waals surface area contributed by atoms with E-state index >= 15 is 0 Å². The van der Waals surface area contributed by atoms with Crippen LogP contribution < -0.4 is 16.1 Å². The first-order chi connectivity index (χ1) is 25.0. The summed E-state index contributed by atoms with van der Waals surface area (Å²) in [5.74, 6) is -6.38. The van der Waals surface area contributed by atoms with Crippen molar-refractivity contribution in [2.24, 2.45) is 5.10 Å². The smallest absolute Gasteiger partial charge is 0.338 e. The van der Waals surface area contributed by atoms with Crippen LogP contribution in [0.2, 0.25) is 5.02 Å². The maximum absolute atomic E-state index is 14.0. The van der Waals surface area contributed by atoms with Crippen LogP contribution in [0, 0.1) is 12.0 Å². The normalized spacial score (nSPS) is 14.7. The molecule has 6 rings (SSSR count). The van der Waals surface area contributed by atoms with E-state index in [-0.39, 0.29) is 5.69 Å². The summed E-state index contributed by atoms with van der Waals surface area (Å²) in [5, 5.41) is 22.8. The van der Waals surface area contributed by atoms with Gasteiger partial charge in [-0.05, 0) is 36.4 Å².